The number of hydrogen-bond acceptors (Lipinski definition) is 3. The van der Waals surface area contributed by atoms with Gasteiger partial charge in [-0.05, 0) is 56.7 Å². The summed E-state index contributed by atoms with van der Waals surface area (Å²) in [5.74, 6) is 0.578. The molecule has 1 aromatic rings. The minimum Gasteiger partial charge on any atom is -0.393 e. The minimum absolute atomic E-state index is 0.169. The Labute approximate surface area is 138 Å². The van der Waals surface area contributed by atoms with E-state index in [9.17, 15) is 9.90 Å². The van der Waals surface area contributed by atoms with Crippen molar-refractivity contribution in [1.29, 1.82) is 0 Å². The zero-order chi connectivity index (χ0) is 16.3. The van der Waals surface area contributed by atoms with Crippen molar-refractivity contribution in [3.05, 3.63) is 35.9 Å². The largest absolute Gasteiger partial charge is 0.393 e. The van der Waals surface area contributed by atoms with Gasteiger partial charge in [-0.3, -0.25) is 4.79 Å². The van der Waals surface area contributed by atoms with E-state index < -0.39 is 0 Å². The van der Waals surface area contributed by atoms with Gasteiger partial charge in [0.15, 0.2) is 0 Å². The average Bonchev–Trinajstić information content (AvgIpc) is 3.25. The maximum atomic E-state index is 12.5. The predicted octanol–water partition coefficient (Wildman–Crippen LogP) is 2.05. The number of hydrogen-bond donors (Lipinski definition) is 3. The van der Waals surface area contributed by atoms with E-state index in [4.69, 9.17) is 0 Å². The van der Waals surface area contributed by atoms with Crippen LogP contribution in [0.5, 0.6) is 0 Å². The molecule has 4 nitrogen and oxygen atoms in total. The van der Waals surface area contributed by atoms with Gasteiger partial charge in [0, 0.05) is 18.4 Å². The molecule has 23 heavy (non-hydrogen) atoms. The number of carbonyl (C=O) groups is 1. The molecule has 1 saturated heterocycles. The van der Waals surface area contributed by atoms with E-state index in [1.54, 1.807) is 0 Å². The van der Waals surface area contributed by atoms with E-state index in [2.05, 4.69) is 22.8 Å². The highest BCUT2D eigenvalue weighted by atomic mass is 16.3. The van der Waals surface area contributed by atoms with Crippen molar-refractivity contribution >= 4 is 5.91 Å². The van der Waals surface area contributed by atoms with E-state index in [1.165, 1.54) is 5.56 Å². The fourth-order valence-electron chi connectivity index (χ4n) is 4.02. The number of aliphatic hydroxyl groups excluding tert-OH is 1. The molecule has 3 atom stereocenters. The lowest BCUT2D eigenvalue weighted by molar-refractivity contribution is -0.123. The summed E-state index contributed by atoms with van der Waals surface area (Å²) in [4.78, 5) is 12.5. The highest BCUT2D eigenvalue weighted by molar-refractivity contribution is 5.82. The monoisotopic (exact) mass is 316 g/mol. The van der Waals surface area contributed by atoms with Crippen LogP contribution in [0.4, 0.5) is 0 Å². The first-order valence-corrected chi connectivity index (χ1v) is 8.82. The van der Waals surface area contributed by atoms with Crippen LogP contribution in [-0.4, -0.2) is 36.8 Å². The standard InChI is InChI=1S/C19H28N2O2/c1-14(22)11-16(15-5-3-2-4-6-15)13-21-18(23)17-12-19(17)7-9-20-10-8-19/h2-6,14,16-17,20,22H,7-13H2,1H3,(H,21,23). The molecule has 3 rings (SSSR count). The number of piperidine rings is 1. The van der Waals surface area contributed by atoms with Gasteiger partial charge in [-0.1, -0.05) is 30.3 Å². The summed E-state index contributed by atoms with van der Waals surface area (Å²) in [5, 5.41) is 16.3. The van der Waals surface area contributed by atoms with Crippen LogP contribution < -0.4 is 10.6 Å². The molecule has 0 radical (unpaired) electrons. The lowest BCUT2D eigenvalue weighted by Crippen LogP contribution is -2.35. The summed E-state index contributed by atoms with van der Waals surface area (Å²) >= 11 is 0. The molecule has 1 aromatic carbocycles. The van der Waals surface area contributed by atoms with Gasteiger partial charge in [-0.2, -0.15) is 0 Å². The van der Waals surface area contributed by atoms with Crippen molar-refractivity contribution in [2.75, 3.05) is 19.6 Å². The first kappa shape index (κ1) is 16.5. The van der Waals surface area contributed by atoms with E-state index >= 15 is 0 Å². The average molecular weight is 316 g/mol. The van der Waals surface area contributed by atoms with Gasteiger partial charge in [0.1, 0.15) is 0 Å². The zero-order valence-corrected chi connectivity index (χ0v) is 13.9. The molecule has 4 heteroatoms. The highest BCUT2D eigenvalue weighted by Gasteiger charge is 2.57. The van der Waals surface area contributed by atoms with Gasteiger partial charge < -0.3 is 15.7 Å². The number of aliphatic hydroxyl groups is 1. The molecule has 1 heterocycles. The Morgan fingerprint density at radius 2 is 2.04 bits per heavy atom. The molecule has 0 aromatic heterocycles. The summed E-state index contributed by atoms with van der Waals surface area (Å²) in [5.41, 5.74) is 1.46. The second-order valence-electron chi connectivity index (χ2n) is 7.31. The smallest absolute Gasteiger partial charge is 0.223 e. The van der Waals surface area contributed by atoms with Crippen molar-refractivity contribution in [2.45, 2.75) is 44.6 Å². The Kier molecular flexibility index (Phi) is 5.02. The SMILES string of the molecule is CC(O)CC(CNC(=O)C1CC12CCNCC2)c1ccccc1. The molecular weight excluding hydrogens is 288 g/mol. The summed E-state index contributed by atoms with van der Waals surface area (Å²) < 4.78 is 0. The fourth-order valence-corrected chi connectivity index (χ4v) is 4.02. The molecule has 1 aliphatic heterocycles. The summed E-state index contributed by atoms with van der Waals surface area (Å²) in [6.07, 6.45) is 3.60. The second-order valence-corrected chi connectivity index (χ2v) is 7.31. The quantitative estimate of drug-likeness (QED) is 0.753. The van der Waals surface area contributed by atoms with E-state index in [-0.39, 0.29) is 29.3 Å². The van der Waals surface area contributed by atoms with Gasteiger partial charge in [-0.25, -0.2) is 0 Å². The van der Waals surface area contributed by atoms with Gasteiger partial charge in [0.25, 0.3) is 0 Å². The van der Waals surface area contributed by atoms with Crippen LogP contribution in [0, 0.1) is 11.3 Å². The molecule has 3 unspecified atom stereocenters. The van der Waals surface area contributed by atoms with Crippen LogP contribution in [0.1, 0.15) is 44.1 Å². The van der Waals surface area contributed by atoms with Crippen molar-refractivity contribution in [1.82, 2.24) is 10.6 Å². The predicted molar refractivity (Wildman–Crippen MR) is 91.1 cm³/mol. The number of amides is 1. The minimum atomic E-state index is -0.367. The molecule has 126 valence electrons. The lowest BCUT2D eigenvalue weighted by atomic mass is 9.91. The molecule has 1 amide bonds. The molecule has 1 aliphatic carbocycles. The molecule has 1 saturated carbocycles. The molecule has 3 N–H and O–H groups in total. The number of benzene rings is 1. The third kappa shape index (κ3) is 3.93. The van der Waals surface area contributed by atoms with Crippen LogP contribution in [0.3, 0.4) is 0 Å². The van der Waals surface area contributed by atoms with Crippen molar-refractivity contribution in [2.24, 2.45) is 11.3 Å². The van der Waals surface area contributed by atoms with Crippen molar-refractivity contribution in [3.63, 3.8) is 0 Å². The van der Waals surface area contributed by atoms with Crippen LogP contribution in [0.25, 0.3) is 0 Å². The normalized spacial score (nSPS) is 24.9. The number of rotatable bonds is 6. The topological polar surface area (TPSA) is 61.4 Å². The van der Waals surface area contributed by atoms with Crippen LogP contribution in [0.2, 0.25) is 0 Å². The van der Waals surface area contributed by atoms with Gasteiger partial charge in [0.05, 0.1) is 6.10 Å². The molecule has 2 fully saturated rings. The van der Waals surface area contributed by atoms with Crippen LogP contribution in [-0.2, 0) is 4.79 Å². The molecule has 2 aliphatic rings. The lowest BCUT2D eigenvalue weighted by Gasteiger charge is -2.24. The fraction of sp³-hybridized carbons (Fsp3) is 0.632. The molecule has 1 spiro atoms. The van der Waals surface area contributed by atoms with E-state index in [0.717, 1.165) is 32.4 Å². The van der Waals surface area contributed by atoms with E-state index in [0.29, 0.717) is 13.0 Å². The zero-order valence-electron chi connectivity index (χ0n) is 13.9. The third-order valence-electron chi connectivity index (χ3n) is 5.52. The first-order valence-electron chi connectivity index (χ1n) is 8.82. The van der Waals surface area contributed by atoms with Gasteiger partial charge in [-0.15, -0.1) is 0 Å². The number of carbonyl (C=O) groups excluding carboxylic acids is 1. The Bertz CT molecular complexity index is 523. The Hall–Kier alpha value is -1.39. The third-order valence-corrected chi connectivity index (χ3v) is 5.52. The van der Waals surface area contributed by atoms with Gasteiger partial charge >= 0.3 is 0 Å². The van der Waals surface area contributed by atoms with Crippen molar-refractivity contribution < 1.29 is 9.90 Å². The molecular formula is C19H28N2O2. The van der Waals surface area contributed by atoms with Crippen LogP contribution in [0.15, 0.2) is 30.3 Å². The molecule has 0 bridgehead atoms. The van der Waals surface area contributed by atoms with Crippen molar-refractivity contribution in [3.8, 4) is 0 Å². The first-order chi connectivity index (χ1) is 11.1. The van der Waals surface area contributed by atoms with E-state index in [1.807, 2.05) is 25.1 Å². The summed E-state index contributed by atoms with van der Waals surface area (Å²) in [6, 6.07) is 10.2. The second kappa shape index (κ2) is 7.02. The number of nitrogens with one attached hydrogen (secondary N) is 2. The Morgan fingerprint density at radius 3 is 2.70 bits per heavy atom. The summed E-state index contributed by atoms with van der Waals surface area (Å²) in [6.45, 7) is 4.50. The Morgan fingerprint density at radius 1 is 1.35 bits per heavy atom. The van der Waals surface area contributed by atoms with Gasteiger partial charge in [0.2, 0.25) is 5.91 Å². The highest BCUT2D eigenvalue weighted by Crippen LogP contribution is 2.58. The maximum Gasteiger partial charge on any atom is 0.223 e. The maximum absolute atomic E-state index is 12.5. The Balaban J connectivity index is 1.55. The van der Waals surface area contributed by atoms with Crippen LogP contribution >= 0.6 is 0 Å². The summed E-state index contributed by atoms with van der Waals surface area (Å²) in [7, 11) is 0.